The Labute approximate surface area is 103 Å². The molecule has 2 nitrogen and oxygen atoms in total. The molecular weight excluding hydrogens is 216 g/mol. The van der Waals surface area contributed by atoms with Crippen molar-refractivity contribution in [2.45, 2.75) is 45.3 Å². The molecule has 1 aromatic rings. The number of rotatable bonds is 3. The molecule has 0 spiro atoms. The summed E-state index contributed by atoms with van der Waals surface area (Å²) in [6, 6.07) is 4.11. The zero-order valence-electron chi connectivity index (χ0n) is 10.4. The fourth-order valence-corrected chi connectivity index (χ4v) is 3.22. The molecule has 0 aromatic carbocycles. The first kappa shape index (κ1) is 12.1. The second kappa shape index (κ2) is 5.30. The molecule has 0 bridgehead atoms. The predicted molar refractivity (Wildman–Crippen MR) is 71.0 cm³/mol. The highest BCUT2D eigenvalue weighted by Gasteiger charge is 2.28. The molecule has 0 aliphatic carbocycles. The molecule has 3 atom stereocenters. The second-order valence-corrected chi connectivity index (χ2v) is 5.57. The van der Waals surface area contributed by atoms with Gasteiger partial charge in [0.25, 0.3) is 0 Å². The summed E-state index contributed by atoms with van der Waals surface area (Å²) in [5.41, 5.74) is 1.47. The van der Waals surface area contributed by atoms with E-state index in [9.17, 15) is 0 Å². The van der Waals surface area contributed by atoms with Crippen LogP contribution in [0.15, 0.2) is 16.8 Å². The van der Waals surface area contributed by atoms with Crippen molar-refractivity contribution in [2.75, 3.05) is 13.1 Å². The van der Waals surface area contributed by atoms with Crippen molar-refractivity contribution in [3.05, 3.63) is 22.4 Å². The van der Waals surface area contributed by atoms with Gasteiger partial charge in [-0.3, -0.25) is 4.90 Å². The van der Waals surface area contributed by atoms with Gasteiger partial charge in [-0.15, -0.1) is 0 Å². The smallest absolute Gasteiger partial charge is 0.0332 e. The lowest BCUT2D eigenvalue weighted by Gasteiger charge is -2.42. The monoisotopic (exact) mass is 238 g/mol. The normalized spacial score (nSPS) is 29.2. The van der Waals surface area contributed by atoms with Crippen molar-refractivity contribution in [3.8, 4) is 0 Å². The van der Waals surface area contributed by atoms with E-state index in [0.29, 0.717) is 18.1 Å². The van der Waals surface area contributed by atoms with Gasteiger partial charge in [-0.2, -0.15) is 11.3 Å². The minimum Gasteiger partial charge on any atom is -0.311 e. The minimum absolute atomic E-state index is 0.553. The largest absolute Gasteiger partial charge is 0.311 e. The second-order valence-electron chi connectivity index (χ2n) is 4.79. The fourth-order valence-electron chi connectivity index (χ4n) is 2.47. The molecule has 1 saturated heterocycles. The fraction of sp³-hybridized carbons (Fsp3) is 0.692. The Morgan fingerprint density at radius 3 is 3.06 bits per heavy atom. The molecule has 90 valence electrons. The van der Waals surface area contributed by atoms with Crippen LogP contribution in [0.4, 0.5) is 0 Å². The quantitative estimate of drug-likeness (QED) is 0.871. The van der Waals surface area contributed by atoms with Crippen molar-refractivity contribution in [2.24, 2.45) is 0 Å². The SMILES string of the molecule is CCC1CN(C(C)c2ccsc2)C(C)CN1. The van der Waals surface area contributed by atoms with Gasteiger partial charge in [0.1, 0.15) is 0 Å². The molecule has 3 heteroatoms. The lowest BCUT2D eigenvalue weighted by molar-refractivity contribution is 0.0977. The van der Waals surface area contributed by atoms with Crippen LogP contribution >= 0.6 is 11.3 Å². The van der Waals surface area contributed by atoms with Crippen molar-refractivity contribution < 1.29 is 0 Å². The molecule has 1 fully saturated rings. The van der Waals surface area contributed by atoms with Crippen molar-refractivity contribution in [1.29, 1.82) is 0 Å². The van der Waals surface area contributed by atoms with Crippen LogP contribution in [0.5, 0.6) is 0 Å². The molecule has 1 aliphatic rings. The zero-order valence-corrected chi connectivity index (χ0v) is 11.3. The van der Waals surface area contributed by atoms with E-state index >= 15 is 0 Å². The first-order chi connectivity index (χ1) is 7.72. The molecule has 0 radical (unpaired) electrons. The number of hydrogen-bond donors (Lipinski definition) is 1. The topological polar surface area (TPSA) is 15.3 Å². The summed E-state index contributed by atoms with van der Waals surface area (Å²) >= 11 is 1.80. The Hall–Kier alpha value is -0.380. The number of nitrogens with zero attached hydrogens (tertiary/aromatic N) is 1. The van der Waals surface area contributed by atoms with Gasteiger partial charge in [-0.1, -0.05) is 6.92 Å². The van der Waals surface area contributed by atoms with E-state index in [0.717, 1.165) is 6.54 Å². The van der Waals surface area contributed by atoms with Gasteiger partial charge in [-0.05, 0) is 42.7 Å². The standard InChI is InChI=1S/C13H22N2S/c1-4-13-8-15(10(2)7-14-13)11(3)12-5-6-16-9-12/h5-6,9-11,13-14H,4,7-8H2,1-3H3. The maximum atomic E-state index is 3.61. The Morgan fingerprint density at radius 2 is 2.44 bits per heavy atom. The van der Waals surface area contributed by atoms with Gasteiger partial charge in [-0.25, -0.2) is 0 Å². The lowest BCUT2D eigenvalue weighted by Crippen LogP contribution is -2.55. The Bertz CT molecular complexity index is 310. The van der Waals surface area contributed by atoms with Crippen molar-refractivity contribution >= 4 is 11.3 Å². The number of piperazine rings is 1. The minimum atomic E-state index is 0.553. The van der Waals surface area contributed by atoms with Crippen LogP contribution < -0.4 is 5.32 Å². The average molecular weight is 238 g/mol. The van der Waals surface area contributed by atoms with Gasteiger partial charge >= 0.3 is 0 Å². The molecule has 2 rings (SSSR count). The number of thiophene rings is 1. The van der Waals surface area contributed by atoms with E-state index in [1.807, 2.05) is 0 Å². The maximum Gasteiger partial charge on any atom is 0.0332 e. The third-order valence-electron chi connectivity index (χ3n) is 3.72. The summed E-state index contributed by atoms with van der Waals surface area (Å²) in [4.78, 5) is 2.63. The summed E-state index contributed by atoms with van der Waals surface area (Å²) in [5, 5.41) is 8.06. The van der Waals surface area contributed by atoms with E-state index in [-0.39, 0.29) is 0 Å². The van der Waals surface area contributed by atoms with E-state index < -0.39 is 0 Å². The van der Waals surface area contributed by atoms with E-state index in [1.165, 1.54) is 18.5 Å². The van der Waals surface area contributed by atoms with Crippen LogP contribution in [0.2, 0.25) is 0 Å². The van der Waals surface area contributed by atoms with Crippen LogP contribution in [0.1, 0.15) is 38.8 Å². The third-order valence-corrected chi connectivity index (χ3v) is 4.42. The molecule has 1 aliphatic heterocycles. The van der Waals surface area contributed by atoms with Gasteiger partial charge < -0.3 is 5.32 Å². The Morgan fingerprint density at radius 1 is 1.62 bits per heavy atom. The van der Waals surface area contributed by atoms with Crippen LogP contribution in [-0.2, 0) is 0 Å². The van der Waals surface area contributed by atoms with E-state index in [2.05, 4.69) is 47.8 Å². The molecule has 2 heterocycles. The highest BCUT2D eigenvalue weighted by Crippen LogP contribution is 2.26. The molecule has 16 heavy (non-hydrogen) atoms. The summed E-state index contributed by atoms with van der Waals surface area (Å²) in [5.74, 6) is 0. The number of nitrogens with one attached hydrogen (secondary N) is 1. The van der Waals surface area contributed by atoms with Crippen LogP contribution in [0.25, 0.3) is 0 Å². The third kappa shape index (κ3) is 2.47. The first-order valence-electron chi connectivity index (χ1n) is 6.23. The molecule has 0 saturated carbocycles. The highest BCUT2D eigenvalue weighted by atomic mass is 32.1. The molecular formula is C13H22N2S. The molecule has 0 amide bonds. The van der Waals surface area contributed by atoms with Gasteiger partial charge in [0.15, 0.2) is 0 Å². The highest BCUT2D eigenvalue weighted by molar-refractivity contribution is 7.07. The van der Waals surface area contributed by atoms with Crippen molar-refractivity contribution in [1.82, 2.24) is 10.2 Å². The summed E-state index contributed by atoms with van der Waals surface area (Å²) < 4.78 is 0. The van der Waals surface area contributed by atoms with Crippen molar-refractivity contribution in [3.63, 3.8) is 0 Å². The van der Waals surface area contributed by atoms with Gasteiger partial charge in [0, 0.05) is 31.2 Å². The maximum absolute atomic E-state index is 3.61. The Balaban J connectivity index is 2.06. The van der Waals surface area contributed by atoms with Crippen LogP contribution in [-0.4, -0.2) is 30.1 Å². The summed E-state index contributed by atoms with van der Waals surface area (Å²) in [6.45, 7) is 9.21. The first-order valence-corrected chi connectivity index (χ1v) is 7.17. The van der Waals surface area contributed by atoms with E-state index in [1.54, 1.807) is 11.3 Å². The van der Waals surface area contributed by atoms with Crippen LogP contribution in [0, 0.1) is 0 Å². The molecule has 1 N–H and O–H groups in total. The summed E-state index contributed by atoms with van der Waals surface area (Å²) in [7, 11) is 0. The number of hydrogen-bond acceptors (Lipinski definition) is 3. The van der Waals surface area contributed by atoms with Gasteiger partial charge in [0.2, 0.25) is 0 Å². The lowest BCUT2D eigenvalue weighted by atomic mass is 10.0. The molecule has 3 unspecified atom stereocenters. The average Bonchev–Trinajstić information content (AvgIpc) is 2.82. The van der Waals surface area contributed by atoms with E-state index in [4.69, 9.17) is 0 Å². The Kier molecular flexibility index (Phi) is 4.00. The predicted octanol–water partition coefficient (Wildman–Crippen LogP) is 2.88. The van der Waals surface area contributed by atoms with Crippen LogP contribution in [0.3, 0.4) is 0 Å². The van der Waals surface area contributed by atoms with Gasteiger partial charge in [0.05, 0.1) is 0 Å². The summed E-state index contributed by atoms with van der Waals surface area (Å²) in [6.07, 6.45) is 1.22. The zero-order chi connectivity index (χ0) is 11.5. The molecule has 1 aromatic heterocycles.